The Morgan fingerprint density at radius 1 is 1.67 bits per heavy atom. The smallest absolute Gasteiger partial charge is 0.157 e. The van der Waals surface area contributed by atoms with Crippen LogP contribution in [0.5, 0.6) is 0 Å². The van der Waals surface area contributed by atoms with Gasteiger partial charge in [0.25, 0.3) is 0 Å². The van der Waals surface area contributed by atoms with E-state index in [-0.39, 0.29) is 5.82 Å². The number of aromatic nitrogens is 1. The van der Waals surface area contributed by atoms with Crippen LogP contribution in [0.25, 0.3) is 0 Å². The lowest BCUT2D eigenvalue weighted by Gasteiger charge is -1.94. The second-order valence-corrected chi connectivity index (χ2v) is 2.75. The summed E-state index contributed by atoms with van der Waals surface area (Å²) in [4.78, 5) is 3.75. The Labute approximate surface area is 66.4 Å². The molecule has 0 aliphatic rings. The number of hydrogen-bond donors (Lipinski definition) is 0. The molecule has 1 rings (SSSR count). The first-order valence-corrected chi connectivity index (χ1v) is 3.56. The molecule has 0 bridgehead atoms. The second kappa shape index (κ2) is 2.60. The Morgan fingerprint density at radius 2 is 2.33 bits per heavy atom. The van der Waals surface area contributed by atoms with Gasteiger partial charge in [0.15, 0.2) is 5.82 Å². The minimum atomic E-state index is -0.210. The van der Waals surface area contributed by atoms with Crippen LogP contribution >= 0.6 is 22.6 Å². The SMILES string of the molecule is Cc1ccnc(I)c1F. The van der Waals surface area contributed by atoms with Crippen LogP contribution < -0.4 is 0 Å². The summed E-state index contributed by atoms with van der Waals surface area (Å²) in [6, 6.07) is 1.65. The maximum atomic E-state index is 12.7. The molecule has 0 radical (unpaired) electrons. The molecule has 0 spiro atoms. The van der Waals surface area contributed by atoms with E-state index >= 15 is 0 Å². The van der Waals surface area contributed by atoms with Gasteiger partial charge in [-0.15, -0.1) is 0 Å². The van der Waals surface area contributed by atoms with Crippen molar-refractivity contribution in [2.75, 3.05) is 0 Å². The van der Waals surface area contributed by atoms with Crippen LogP contribution in [0, 0.1) is 16.4 Å². The molecule has 48 valence electrons. The number of halogens is 2. The summed E-state index contributed by atoms with van der Waals surface area (Å²) < 4.78 is 13.1. The van der Waals surface area contributed by atoms with Gasteiger partial charge in [0.05, 0.1) is 0 Å². The summed E-state index contributed by atoms with van der Waals surface area (Å²) in [5.74, 6) is -0.210. The number of rotatable bonds is 0. The van der Waals surface area contributed by atoms with E-state index in [9.17, 15) is 4.39 Å². The molecule has 9 heavy (non-hydrogen) atoms. The predicted octanol–water partition coefficient (Wildman–Crippen LogP) is 2.13. The normalized spacial score (nSPS) is 9.67. The van der Waals surface area contributed by atoms with E-state index in [1.54, 1.807) is 19.2 Å². The van der Waals surface area contributed by atoms with Crippen LogP contribution in [0.15, 0.2) is 12.3 Å². The highest BCUT2D eigenvalue weighted by molar-refractivity contribution is 14.1. The van der Waals surface area contributed by atoms with Gasteiger partial charge >= 0.3 is 0 Å². The highest BCUT2D eigenvalue weighted by atomic mass is 127. The van der Waals surface area contributed by atoms with Crippen molar-refractivity contribution in [1.29, 1.82) is 0 Å². The molecule has 0 unspecified atom stereocenters. The maximum absolute atomic E-state index is 12.7. The molecule has 0 aromatic carbocycles. The quantitative estimate of drug-likeness (QED) is 0.497. The second-order valence-electron chi connectivity index (χ2n) is 1.73. The number of pyridine rings is 1. The van der Waals surface area contributed by atoms with Gasteiger partial charge in [-0.1, -0.05) is 0 Å². The Hall–Kier alpha value is -0.190. The summed E-state index contributed by atoms with van der Waals surface area (Å²) in [6.07, 6.45) is 1.60. The van der Waals surface area contributed by atoms with Crippen molar-refractivity contribution in [3.63, 3.8) is 0 Å². The van der Waals surface area contributed by atoms with E-state index < -0.39 is 0 Å². The monoisotopic (exact) mass is 237 g/mol. The molecule has 1 aromatic heterocycles. The molecular weight excluding hydrogens is 232 g/mol. The largest absolute Gasteiger partial charge is 0.247 e. The summed E-state index contributed by atoms with van der Waals surface area (Å²) in [5, 5.41) is 0. The lowest BCUT2D eigenvalue weighted by molar-refractivity contribution is 0.602. The van der Waals surface area contributed by atoms with Crippen LogP contribution in [0.1, 0.15) is 5.56 Å². The van der Waals surface area contributed by atoms with Gasteiger partial charge in [0, 0.05) is 6.20 Å². The van der Waals surface area contributed by atoms with Crippen molar-refractivity contribution < 1.29 is 4.39 Å². The van der Waals surface area contributed by atoms with E-state index in [2.05, 4.69) is 4.98 Å². The minimum Gasteiger partial charge on any atom is -0.247 e. The van der Waals surface area contributed by atoms with Crippen LogP contribution in [0.2, 0.25) is 0 Å². The molecule has 0 aliphatic carbocycles. The first kappa shape index (κ1) is 6.92. The average Bonchev–Trinajstić information content (AvgIpc) is 1.83. The third-order valence-electron chi connectivity index (χ3n) is 1.04. The van der Waals surface area contributed by atoms with Gasteiger partial charge < -0.3 is 0 Å². The summed E-state index contributed by atoms with van der Waals surface area (Å²) >= 11 is 1.86. The summed E-state index contributed by atoms with van der Waals surface area (Å²) in [7, 11) is 0. The van der Waals surface area contributed by atoms with Crippen molar-refractivity contribution in [1.82, 2.24) is 4.98 Å². The minimum absolute atomic E-state index is 0.210. The third-order valence-corrected chi connectivity index (χ3v) is 1.79. The fourth-order valence-electron chi connectivity index (χ4n) is 0.507. The fourth-order valence-corrected chi connectivity index (χ4v) is 1.09. The number of nitrogens with zero attached hydrogens (tertiary/aromatic N) is 1. The lowest BCUT2D eigenvalue weighted by Crippen LogP contribution is -1.88. The van der Waals surface area contributed by atoms with E-state index in [0.29, 0.717) is 9.26 Å². The van der Waals surface area contributed by atoms with E-state index in [1.165, 1.54) is 0 Å². The molecule has 1 nitrogen and oxygen atoms in total. The molecule has 0 amide bonds. The Balaban J connectivity index is 3.25. The van der Waals surface area contributed by atoms with E-state index in [1.807, 2.05) is 22.6 Å². The summed E-state index contributed by atoms with van der Waals surface area (Å²) in [6.45, 7) is 1.72. The van der Waals surface area contributed by atoms with Crippen LogP contribution in [0.4, 0.5) is 4.39 Å². The van der Waals surface area contributed by atoms with Gasteiger partial charge in [0.1, 0.15) is 3.70 Å². The molecular formula is C6H5FIN. The van der Waals surface area contributed by atoms with E-state index in [0.717, 1.165) is 0 Å². The molecule has 0 aliphatic heterocycles. The lowest BCUT2D eigenvalue weighted by atomic mass is 10.3. The van der Waals surface area contributed by atoms with Crippen molar-refractivity contribution in [2.45, 2.75) is 6.92 Å². The van der Waals surface area contributed by atoms with Gasteiger partial charge in [-0.25, -0.2) is 9.37 Å². The molecule has 0 fully saturated rings. The zero-order chi connectivity index (χ0) is 6.85. The zero-order valence-electron chi connectivity index (χ0n) is 4.86. The molecule has 0 saturated carbocycles. The molecule has 1 aromatic rings. The molecule has 0 saturated heterocycles. The molecule has 3 heteroatoms. The molecule has 0 atom stereocenters. The maximum Gasteiger partial charge on any atom is 0.157 e. The topological polar surface area (TPSA) is 12.9 Å². The third kappa shape index (κ3) is 1.38. The standard InChI is InChI=1S/C6H5FIN/c1-4-2-3-9-6(8)5(4)7/h2-3H,1H3. The van der Waals surface area contributed by atoms with Crippen molar-refractivity contribution >= 4 is 22.6 Å². The zero-order valence-corrected chi connectivity index (χ0v) is 7.02. The van der Waals surface area contributed by atoms with Crippen molar-refractivity contribution in [2.24, 2.45) is 0 Å². The van der Waals surface area contributed by atoms with E-state index in [4.69, 9.17) is 0 Å². The summed E-state index contributed by atoms with van der Waals surface area (Å²) in [5.41, 5.74) is 0.648. The highest BCUT2D eigenvalue weighted by Crippen LogP contribution is 2.09. The van der Waals surface area contributed by atoms with Gasteiger partial charge in [-0.2, -0.15) is 0 Å². The van der Waals surface area contributed by atoms with Crippen molar-refractivity contribution in [3.8, 4) is 0 Å². The molecule has 0 N–H and O–H groups in total. The van der Waals surface area contributed by atoms with Gasteiger partial charge in [-0.05, 0) is 41.1 Å². The Kier molecular flexibility index (Phi) is 2.00. The predicted molar refractivity (Wildman–Crippen MR) is 41.6 cm³/mol. The van der Waals surface area contributed by atoms with Crippen LogP contribution in [-0.4, -0.2) is 4.98 Å². The average molecular weight is 237 g/mol. The number of aryl methyl sites for hydroxylation is 1. The van der Waals surface area contributed by atoms with Crippen molar-refractivity contribution in [3.05, 3.63) is 27.3 Å². The van der Waals surface area contributed by atoms with Gasteiger partial charge in [0.2, 0.25) is 0 Å². The first-order chi connectivity index (χ1) is 4.22. The number of hydrogen-bond acceptors (Lipinski definition) is 1. The highest BCUT2D eigenvalue weighted by Gasteiger charge is 1.99. The fraction of sp³-hybridized carbons (Fsp3) is 0.167. The van der Waals surface area contributed by atoms with Crippen LogP contribution in [0.3, 0.4) is 0 Å². The van der Waals surface area contributed by atoms with Gasteiger partial charge in [-0.3, -0.25) is 0 Å². The van der Waals surface area contributed by atoms with Crippen LogP contribution in [-0.2, 0) is 0 Å². The Morgan fingerprint density at radius 3 is 2.78 bits per heavy atom. The Bertz CT molecular complexity index is 204. The molecule has 1 heterocycles. The first-order valence-electron chi connectivity index (χ1n) is 2.48.